The zero-order chi connectivity index (χ0) is 46.3. The Bertz CT molecular complexity index is 3250. The molecular formula is C51H53ClN10O5. The summed E-state index contributed by atoms with van der Waals surface area (Å²) in [4.78, 5) is 69.7. The maximum Gasteiger partial charge on any atom is 0.274 e. The number of likely N-dealkylation sites (N-methyl/N-ethyl adjacent to an activating group) is 1. The molecule has 344 valence electrons. The number of benzene rings is 5. The number of carbonyl (C=O) groups excluding carboxylic acids is 3. The van der Waals surface area contributed by atoms with E-state index in [1.165, 1.54) is 0 Å². The van der Waals surface area contributed by atoms with Gasteiger partial charge in [0, 0.05) is 102 Å². The molecule has 0 bridgehead atoms. The average Bonchev–Trinajstić information content (AvgIpc) is 4.07. The third-order valence-corrected chi connectivity index (χ3v) is 13.6. The number of hydrogen-bond acceptors (Lipinski definition) is 10. The number of aromatic nitrogens is 3. The van der Waals surface area contributed by atoms with Crippen LogP contribution in [-0.2, 0) is 4.79 Å². The number of alkyl halides is 1. The molecule has 3 amide bonds. The van der Waals surface area contributed by atoms with E-state index in [4.69, 9.17) is 11.6 Å². The fraction of sp³-hybridized carbons (Fsp3) is 0.314. The molecule has 0 aliphatic carbocycles. The average molecular weight is 922 g/mol. The first-order valence-corrected chi connectivity index (χ1v) is 23.4. The van der Waals surface area contributed by atoms with E-state index >= 15 is 0 Å². The van der Waals surface area contributed by atoms with Gasteiger partial charge in [-0.05, 0) is 118 Å². The topological polar surface area (TPSA) is 171 Å². The summed E-state index contributed by atoms with van der Waals surface area (Å²) in [6.45, 7) is 7.52. The van der Waals surface area contributed by atoms with Gasteiger partial charge in [0.15, 0.2) is 5.43 Å². The molecule has 5 aromatic carbocycles. The molecule has 67 heavy (non-hydrogen) atoms. The highest BCUT2D eigenvalue weighted by molar-refractivity contribution is 6.19. The lowest BCUT2D eigenvalue weighted by Crippen LogP contribution is -2.47. The van der Waals surface area contributed by atoms with E-state index < -0.39 is 0 Å². The van der Waals surface area contributed by atoms with Crippen LogP contribution in [-0.4, -0.2) is 137 Å². The van der Waals surface area contributed by atoms with Crippen molar-refractivity contribution in [2.75, 3.05) is 101 Å². The minimum Gasteiger partial charge on any atom is -0.507 e. The minimum absolute atomic E-state index is 0.0105. The number of rotatable bonds is 15. The van der Waals surface area contributed by atoms with Gasteiger partial charge in [-0.1, -0.05) is 12.1 Å². The van der Waals surface area contributed by atoms with E-state index in [0.29, 0.717) is 57.3 Å². The Kier molecular flexibility index (Phi) is 12.2. The first-order valence-electron chi connectivity index (χ1n) is 22.9. The molecule has 1 saturated heterocycles. The second-order valence-corrected chi connectivity index (χ2v) is 18.3. The van der Waals surface area contributed by atoms with E-state index in [-0.39, 0.29) is 47.2 Å². The van der Waals surface area contributed by atoms with Gasteiger partial charge in [0.25, 0.3) is 11.8 Å². The smallest absolute Gasteiger partial charge is 0.274 e. The molecule has 0 radical (unpaired) electrons. The van der Waals surface area contributed by atoms with Crippen molar-refractivity contribution in [3.05, 3.63) is 118 Å². The summed E-state index contributed by atoms with van der Waals surface area (Å²) in [6.07, 6.45) is 3.55. The number of H-pyrrole nitrogens is 1. The lowest BCUT2D eigenvalue weighted by atomic mass is 9.94. The molecule has 1 atom stereocenters. The third kappa shape index (κ3) is 8.59. The maximum atomic E-state index is 14.1. The van der Waals surface area contributed by atoms with Crippen LogP contribution in [0, 0.1) is 0 Å². The number of imidazole rings is 1. The van der Waals surface area contributed by atoms with Crippen LogP contribution in [0.1, 0.15) is 45.2 Å². The zero-order valence-electron chi connectivity index (χ0n) is 37.6. The number of carbonyl (C=O) groups is 3. The van der Waals surface area contributed by atoms with Crippen molar-refractivity contribution in [3.8, 4) is 5.75 Å². The number of halogens is 1. The first kappa shape index (κ1) is 44.1. The molecule has 8 aromatic rings. The van der Waals surface area contributed by atoms with E-state index in [0.717, 1.165) is 97.4 Å². The van der Waals surface area contributed by atoms with E-state index in [1.807, 2.05) is 67.0 Å². The van der Waals surface area contributed by atoms with Crippen molar-refractivity contribution in [2.24, 2.45) is 0 Å². The summed E-state index contributed by atoms with van der Waals surface area (Å²) >= 11 is 6.55. The van der Waals surface area contributed by atoms with Crippen molar-refractivity contribution >= 4 is 95.4 Å². The number of fused-ring (bicyclic) bond motifs is 6. The number of para-hydroxylation sites is 1. The van der Waals surface area contributed by atoms with Crippen molar-refractivity contribution in [1.82, 2.24) is 34.4 Å². The lowest BCUT2D eigenvalue weighted by molar-refractivity contribution is -0.116. The molecular weight excluding hydrogens is 868 g/mol. The van der Waals surface area contributed by atoms with Gasteiger partial charge in [-0.2, -0.15) is 0 Å². The SMILES string of the molecule is CN(C)CC(=O)Nc1ccc2[nH]c(C(=O)N3CC(CCl)c4c3cc(O)c3ccc(C(=O)NCCCN5CCN(CCCNc6ccc7ncn8c9ccccc9c(=O)c6c78)CC5)cc43)cc2c1. The predicted octanol–water partition coefficient (Wildman–Crippen LogP) is 6.50. The second kappa shape index (κ2) is 18.5. The van der Waals surface area contributed by atoms with Crippen molar-refractivity contribution in [2.45, 2.75) is 18.8 Å². The highest BCUT2D eigenvalue weighted by Crippen LogP contribution is 2.46. The standard InChI is InChI=1S/C51H53ClN10O5/c1-58(2)29-45(64)56-34-10-12-38-32(23-34)25-41(57-38)51(67)61-28-33(27-52)46-37-24-31(9-11-35(37)44(63)26-43(46)61)50(66)54-16-6-18-60-21-19-59(20-22-60)17-5-15-53-39-13-14-40-48-47(39)49(65)36-7-3-4-8-42(36)62(48)30-55-40/h3-4,7-14,23-26,30,33,53,57,63H,5-6,15-22,27-29H2,1-2H3,(H,54,66)(H,56,64). The maximum absolute atomic E-state index is 14.1. The molecule has 5 heterocycles. The highest BCUT2D eigenvalue weighted by atomic mass is 35.5. The van der Waals surface area contributed by atoms with Gasteiger partial charge in [-0.15, -0.1) is 11.6 Å². The third-order valence-electron chi connectivity index (χ3n) is 13.2. The number of aromatic hydroxyl groups is 1. The largest absolute Gasteiger partial charge is 0.507 e. The van der Waals surface area contributed by atoms with Crippen molar-refractivity contribution in [1.29, 1.82) is 0 Å². The Balaban J connectivity index is 0.715. The molecule has 2 aliphatic rings. The van der Waals surface area contributed by atoms with Crippen LogP contribution in [0.4, 0.5) is 17.1 Å². The Morgan fingerprint density at radius 1 is 0.881 bits per heavy atom. The normalized spacial score (nSPS) is 15.7. The fourth-order valence-electron chi connectivity index (χ4n) is 9.94. The molecule has 0 saturated carbocycles. The molecule has 15 nitrogen and oxygen atoms in total. The van der Waals surface area contributed by atoms with Gasteiger partial charge in [0.05, 0.1) is 34.2 Å². The van der Waals surface area contributed by atoms with Crippen LogP contribution in [0.2, 0.25) is 0 Å². The number of nitrogens with one attached hydrogen (secondary N) is 4. The molecule has 1 fully saturated rings. The Hall–Kier alpha value is -6.78. The Morgan fingerprint density at radius 3 is 2.43 bits per heavy atom. The van der Waals surface area contributed by atoms with E-state index in [9.17, 15) is 24.3 Å². The summed E-state index contributed by atoms with van der Waals surface area (Å²) < 4.78 is 2.02. The number of hydrogen-bond donors (Lipinski definition) is 5. The van der Waals surface area contributed by atoms with Crippen LogP contribution in [0.25, 0.3) is 49.0 Å². The number of piperazine rings is 1. The summed E-state index contributed by atoms with van der Waals surface area (Å²) in [5.74, 6) is -0.591. The molecule has 1 unspecified atom stereocenters. The predicted molar refractivity (Wildman–Crippen MR) is 267 cm³/mol. The molecule has 16 heteroatoms. The Labute approximate surface area is 391 Å². The number of amides is 3. The first-order chi connectivity index (χ1) is 32.5. The number of aromatic amines is 1. The van der Waals surface area contributed by atoms with Crippen molar-refractivity contribution in [3.63, 3.8) is 0 Å². The van der Waals surface area contributed by atoms with Gasteiger partial charge in [0.1, 0.15) is 17.8 Å². The van der Waals surface area contributed by atoms with Gasteiger partial charge in [-0.3, -0.25) is 23.6 Å². The fourth-order valence-corrected chi connectivity index (χ4v) is 10.2. The number of phenolic OH excluding ortho intramolecular Hbond substituents is 1. The summed E-state index contributed by atoms with van der Waals surface area (Å²) in [6, 6.07) is 25.7. The molecule has 3 aromatic heterocycles. The number of anilines is 3. The van der Waals surface area contributed by atoms with Crippen LogP contribution in [0.15, 0.2) is 96.1 Å². The van der Waals surface area contributed by atoms with Gasteiger partial charge >= 0.3 is 0 Å². The lowest BCUT2D eigenvalue weighted by Gasteiger charge is -2.34. The van der Waals surface area contributed by atoms with E-state index in [2.05, 4.69) is 35.7 Å². The zero-order valence-corrected chi connectivity index (χ0v) is 38.3. The van der Waals surface area contributed by atoms with Crippen LogP contribution in [0.5, 0.6) is 5.75 Å². The summed E-state index contributed by atoms with van der Waals surface area (Å²) in [7, 11) is 3.65. The van der Waals surface area contributed by atoms with E-state index in [1.54, 1.807) is 52.5 Å². The summed E-state index contributed by atoms with van der Waals surface area (Å²) in [5.41, 5.74) is 6.99. The molecule has 0 spiro atoms. The van der Waals surface area contributed by atoms with Gasteiger partial charge in [0.2, 0.25) is 5.91 Å². The monoisotopic (exact) mass is 920 g/mol. The van der Waals surface area contributed by atoms with Gasteiger partial charge in [-0.25, -0.2) is 4.98 Å². The highest BCUT2D eigenvalue weighted by Gasteiger charge is 2.36. The molecule has 10 rings (SSSR count). The summed E-state index contributed by atoms with van der Waals surface area (Å²) in [5, 5.41) is 24.2. The number of pyridine rings is 1. The van der Waals surface area contributed by atoms with Crippen LogP contribution >= 0.6 is 11.6 Å². The second-order valence-electron chi connectivity index (χ2n) is 18.0. The van der Waals surface area contributed by atoms with Crippen LogP contribution in [0.3, 0.4) is 0 Å². The number of nitrogens with zero attached hydrogens (tertiary/aromatic N) is 6. The van der Waals surface area contributed by atoms with Crippen LogP contribution < -0.4 is 26.3 Å². The molecule has 5 N–H and O–H groups in total. The molecule has 2 aliphatic heterocycles. The van der Waals surface area contributed by atoms with Crippen molar-refractivity contribution < 1.29 is 19.5 Å². The number of phenols is 1. The van der Waals surface area contributed by atoms with Gasteiger partial charge < -0.3 is 45.6 Å². The Morgan fingerprint density at radius 2 is 1.66 bits per heavy atom. The quantitative estimate of drug-likeness (QED) is 0.0435. The minimum atomic E-state index is -0.278.